The summed E-state index contributed by atoms with van der Waals surface area (Å²) in [4.78, 5) is 24.3. The molecule has 0 spiro atoms. The minimum atomic E-state index is -5.08. The molecule has 2 aromatic heterocycles. The first-order chi connectivity index (χ1) is 16.1. The van der Waals surface area contributed by atoms with E-state index in [4.69, 9.17) is 31.3 Å². The standard InChI is InChI=1S/C14H21N7.2C2HF3O2/c15-8-12-10-21(19-18-12)13-3-6-20(7-4-13)9-11-2-1-5-17-14(11)16;2*3-2(4,5)1(6)7/h1-2,5,10,13H,3-4,6-9,15H2,(H2,16,17);2*(H,6,7). The fourth-order valence-electron chi connectivity index (χ4n) is 2.75. The third kappa shape index (κ3) is 10.6. The number of rotatable bonds is 4. The number of aromatic nitrogens is 4. The first kappa shape index (κ1) is 29.6. The summed E-state index contributed by atoms with van der Waals surface area (Å²) < 4.78 is 65.4. The Bertz CT molecular complexity index is 935. The van der Waals surface area contributed by atoms with Crippen molar-refractivity contribution in [1.29, 1.82) is 0 Å². The molecule has 3 rings (SSSR count). The Hall–Kier alpha value is -3.47. The van der Waals surface area contributed by atoms with E-state index in [1.54, 1.807) is 6.20 Å². The van der Waals surface area contributed by atoms with E-state index < -0.39 is 24.3 Å². The van der Waals surface area contributed by atoms with Crippen LogP contribution in [-0.2, 0) is 22.7 Å². The molecule has 1 aliphatic heterocycles. The third-order valence-corrected chi connectivity index (χ3v) is 4.50. The number of nitrogens with two attached hydrogens (primary N) is 2. The Labute approximate surface area is 194 Å². The minimum Gasteiger partial charge on any atom is -0.475 e. The van der Waals surface area contributed by atoms with Gasteiger partial charge in [0.05, 0.1) is 17.9 Å². The third-order valence-electron chi connectivity index (χ3n) is 4.50. The minimum absolute atomic E-state index is 0.417. The number of hydrogen-bond acceptors (Lipinski definition) is 8. The van der Waals surface area contributed by atoms with Gasteiger partial charge in [0.15, 0.2) is 0 Å². The number of hydrogen-bond donors (Lipinski definition) is 4. The van der Waals surface area contributed by atoms with E-state index in [-0.39, 0.29) is 0 Å². The van der Waals surface area contributed by atoms with E-state index >= 15 is 0 Å². The quantitative estimate of drug-likeness (QED) is 0.440. The molecule has 0 radical (unpaired) electrons. The predicted octanol–water partition coefficient (Wildman–Crippen LogP) is 1.82. The number of aliphatic carboxylic acids is 2. The van der Waals surface area contributed by atoms with E-state index in [0.29, 0.717) is 18.4 Å². The van der Waals surface area contributed by atoms with Crippen molar-refractivity contribution in [3.05, 3.63) is 35.8 Å². The highest BCUT2D eigenvalue weighted by atomic mass is 19.4. The lowest BCUT2D eigenvalue weighted by molar-refractivity contribution is -0.193. The molecular weight excluding hydrogens is 492 g/mol. The molecular formula is C18H23F6N7O4. The molecule has 0 bridgehead atoms. The van der Waals surface area contributed by atoms with Crippen LogP contribution in [0.5, 0.6) is 0 Å². The van der Waals surface area contributed by atoms with Gasteiger partial charge in [0.2, 0.25) is 0 Å². The zero-order valence-electron chi connectivity index (χ0n) is 18.0. The number of carboxylic acid groups (broad SMARTS) is 2. The van der Waals surface area contributed by atoms with Gasteiger partial charge < -0.3 is 21.7 Å². The average molecular weight is 515 g/mol. The van der Waals surface area contributed by atoms with Crippen molar-refractivity contribution < 1.29 is 46.1 Å². The Balaban J connectivity index is 0.000000362. The van der Waals surface area contributed by atoms with E-state index in [0.717, 1.165) is 43.7 Å². The van der Waals surface area contributed by atoms with Gasteiger partial charge in [-0.2, -0.15) is 26.3 Å². The Morgan fingerprint density at radius 1 is 1.06 bits per heavy atom. The van der Waals surface area contributed by atoms with Gasteiger partial charge in [0.1, 0.15) is 5.82 Å². The second-order valence-electron chi connectivity index (χ2n) is 7.05. The lowest BCUT2D eigenvalue weighted by atomic mass is 10.0. The molecule has 0 saturated carbocycles. The molecule has 0 aliphatic carbocycles. The van der Waals surface area contributed by atoms with Gasteiger partial charge in [-0.1, -0.05) is 11.3 Å². The van der Waals surface area contributed by atoms with Gasteiger partial charge in [-0.3, -0.25) is 4.90 Å². The molecule has 196 valence electrons. The van der Waals surface area contributed by atoms with Crippen molar-refractivity contribution in [3.8, 4) is 0 Å². The molecule has 0 aromatic carbocycles. The topological polar surface area (TPSA) is 173 Å². The van der Waals surface area contributed by atoms with Crippen LogP contribution in [-0.4, -0.2) is 72.5 Å². The normalized spacial score (nSPS) is 14.8. The maximum Gasteiger partial charge on any atom is 0.490 e. The fourth-order valence-corrected chi connectivity index (χ4v) is 2.75. The molecule has 6 N–H and O–H groups in total. The number of anilines is 1. The molecule has 11 nitrogen and oxygen atoms in total. The van der Waals surface area contributed by atoms with Crippen LogP contribution in [0.15, 0.2) is 24.5 Å². The summed E-state index contributed by atoms with van der Waals surface area (Å²) in [5, 5.41) is 22.5. The van der Waals surface area contributed by atoms with Crippen molar-refractivity contribution >= 4 is 17.8 Å². The summed E-state index contributed by atoms with van der Waals surface area (Å²) in [5.41, 5.74) is 13.4. The van der Waals surface area contributed by atoms with Crippen LogP contribution >= 0.6 is 0 Å². The van der Waals surface area contributed by atoms with Crippen LogP contribution in [0, 0.1) is 0 Å². The van der Waals surface area contributed by atoms with E-state index in [9.17, 15) is 26.3 Å². The van der Waals surface area contributed by atoms with Crippen LogP contribution in [0.2, 0.25) is 0 Å². The smallest absolute Gasteiger partial charge is 0.475 e. The van der Waals surface area contributed by atoms with Crippen LogP contribution in [0.4, 0.5) is 32.2 Å². The van der Waals surface area contributed by atoms with Gasteiger partial charge in [-0.25, -0.2) is 19.3 Å². The highest BCUT2D eigenvalue weighted by Crippen LogP contribution is 2.23. The number of nitrogen functional groups attached to an aromatic ring is 1. The summed E-state index contributed by atoms with van der Waals surface area (Å²) >= 11 is 0. The molecule has 1 aliphatic rings. The van der Waals surface area contributed by atoms with Crippen LogP contribution in [0.1, 0.15) is 30.1 Å². The van der Waals surface area contributed by atoms with Gasteiger partial charge in [0.25, 0.3) is 0 Å². The molecule has 1 fully saturated rings. The number of likely N-dealkylation sites (tertiary alicyclic amines) is 1. The monoisotopic (exact) mass is 515 g/mol. The molecule has 17 heteroatoms. The maximum atomic E-state index is 10.6. The first-order valence-electron chi connectivity index (χ1n) is 9.77. The number of carbonyl (C=O) groups is 2. The average Bonchev–Trinajstić information content (AvgIpc) is 3.25. The Morgan fingerprint density at radius 2 is 1.57 bits per heavy atom. The molecule has 1 saturated heterocycles. The molecule has 3 heterocycles. The lowest BCUT2D eigenvalue weighted by Gasteiger charge is -2.31. The number of carboxylic acids is 2. The first-order valence-corrected chi connectivity index (χ1v) is 9.77. The van der Waals surface area contributed by atoms with Crippen molar-refractivity contribution in [2.24, 2.45) is 5.73 Å². The maximum absolute atomic E-state index is 10.6. The Kier molecular flexibility index (Phi) is 10.8. The van der Waals surface area contributed by atoms with Gasteiger partial charge in [-0.05, 0) is 18.9 Å². The zero-order chi connectivity index (χ0) is 26.8. The molecule has 35 heavy (non-hydrogen) atoms. The summed E-state index contributed by atoms with van der Waals surface area (Å²) in [6, 6.07) is 4.39. The second kappa shape index (κ2) is 12.8. The van der Waals surface area contributed by atoms with E-state index in [1.807, 2.05) is 23.0 Å². The molecule has 2 aromatic rings. The number of piperidine rings is 1. The molecule has 0 unspecified atom stereocenters. The van der Waals surface area contributed by atoms with Gasteiger partial charge in [-0.15, -0.1) is 5.10 Å². The van der Waals surface area contributed by atoms with Crippen LogP contribution in [0.25, 0.3) is 0 Å². The van der Waals surface area contributed by atoms with E-state index in [1.165, 1.54) is 0 Å². The SMILES string of the molecule is NCc1cn(C2CCN(Cc3cccnc3N)CC2)nn1.O=C(O)C(F)(F)F.O=C(O)C(F)(F)F. The number of pyridine rings is 1. The van der Waals surface area contributed by atoms with Crippen molar-refractivity contribution in [2.75, 3.05) is 18.8 Å². The highest BCUT2D eigenvalue weighted by molar-refractivity contribution is 5.73. The predicted molar refractivity (Wildman–Crippen MR) is 107 cm³/mol. The zero-order valence-corrected chi connectivity index (χ0v) is 18.0. The van der Waals surface area contributed by atoms with Crippen molar-refractivity contribution in [3.63, 3.8) is 0 Å². The molecule has 0 amide bonds. The van der Waals surface area contributed by atoms with Crippen molar-refractivity contribution in [1.82, 2.24) is 24.9 Å². The highest BCUT2D eigenvalue weighted by Gasteiger charge is 2.38. The Morgan fingerprint density at radius 3 is 1.97 bits per heavy atom. The molecule has 0 atom stereocenters. The number of nitrogens with zero attached hydrogens (tertiary/aromatic N) is 5. The lowest BCUT2D eigenvalue weighted by Crippen LogP contribution is -2.34. The second-order valence-corrected chi connectivity index (χ2v) is 7.05. The fraction of sp³-hybridized carbons (Fsp3) is 0.500. The van der Waals surface area contributed by atoms with E-state index in [2.05, 4.69) is 20.2 Å². The summed E-state index contributed by atoms with van der Waals surface area (Å²) in [5.74, 6) is -4.89. The van der Waals surface area contributed by atoms with Crippen LogP contribution in [0.3, 0.4) is 0 Å². The summed E-state index contributed by atoms with van der Waals surface area (Å²) in [7, 11) is 0. The van der Waals surface area contributed by atoms with Gasteiger partial charge in [0, 0.05) is 37.9 Å². The number of halogens is 6. The summed E-state index contributed by atoms with van der Waals surface area (Å²) in [6.07, 6.45) is -4.36. The van der Waals surface area contributed by atoms with Crippen molar-refractivity contribution in [2.45, 2.75) is 44.3 Å². The summed E-state index contributed by atoms with van der Waals surface area (Å²) in [6.45, 7) is 3.35. The van der Waals surface area contributed by atoms with Crippen LogP contribution < -0.4 is 11.5 Å². The van der Waals surface area contributed by atoms with Gasteiger partial charge >= 0.3 is 24.3 Å². The number of alkyl halides is 6. The largest absolute Gasteiger partial charge is 0.490 e.